The van der Waals surface area contributed by atoms with Gasteiger partial charge in [0.25, 0.3) is 0 Å². The quantitative estimate of drug-likeness (QED) is 0.120. The minimum absolute atomic E-state index is 0.0967. The number of aliphatic carboxylic acids is 1. The molecule has 35 heavy (non-hydrogen) atoms. The molecule has 0 aromatic heterocycles. The van der Waals surface area contributed by atoms with Crippen molar-refractivity contribution in [2.75, 3.05) is 13.1 Å². The fourth-order valence-electron chi connectivity index (χ4n) is 3.54. The number of amides is 4. The van der Waals surface area contributed by atoms with Crippen LogP contribution in [0.25, 0.3) is 0 Å². The molecule has 0 spiro atoms. The number of guanidine groups is 1. The molecular formula is C22H31N7O6. The number of benzene rings is 1. The van der Waals surface area contributed by atoms with Crippen molar-refractivity contribution in [2.45, 2.75) is 50.2 Å². The fraction of sp³-hybridized carbons (Fsp3) is 0.455. The second-order valence-corrected chi connectivity index (χ2v) is 8.10. The van der Waals surface area contributed by atoms with Gasteiger partial charge in [0.1, 0.15) is 12.1 Å². The Balaban J connectivity index is 2.25. The lowest BCUT2D eigenvalue weighted by Gasteiger charge is -2.23. The summed E-state index contributed by atoms with van der Waals surface area (Å²) in [6.45, 7) is -0.262. The van der Waals surface area contributed by atoms with Crippen LogP contribution in [0.5, 0.6) is 0 Å². The van der Waals surface area contributed by atoms with Crippen molar-refractivity contribution in [2.24, 2.45) is 16.5 Å². The standard InChI is InChI=1S/C22H31N7O6/c23-22(24)25-8-4-7-15-20(34)26-12-18(31)29-16(11-19(32)33)21(35)27-14(10-17(30)28-15)9-13-5-2-1-3-6-13/h1-3,5-6,14-16H,4,7-12H2,(H,26,34)(H,27,35)(H,28,30)(H,29,31)(H,32,33)(H4,23,24,25)/t14-,15?,16+/m1/s1. The van der Waals surface area contributed by atoms with Crippen molar-refractivity contribution >= 4 is 35.6 Å². The van der Waals surface area contributed by atoms with Gasteiger partial charge in [-0.25, -0.2) is 0 Å². The molecule has 1 aliphatic heterocycles. The van der Waals surface area contributed by atoms with Crippen LogP contribution in [0.3, 0.4) is 0 Å². The van der Waals surface area contributed by atoms with E-state index in [1.54, 1.807) is 12.1 Å². The molecule has 1 unspecified atom stereocenters. The van der Waals surface area contributed by atoms with Crippen LogP contribution in [0.4, 0.5) is 0 Å². The van der Waals surface area contributed by atoms with E-state index in [1.165, 1.54) is 0 Å². The Morgan fingerprint density at radius 2 is 1.66 bits per heavy atom. The zero-order valence-electron chi connectivity index (χ0n) is 19.2. The Kier molecular flexibility index (Phi) is 10.5. The number of hydrogen-bond acceptors (Lipinski definition) is 6. The van der Waals surface area contributed by atoms with Gasteiger partial charge in [-0.1, -0.05) is 30.3 Å². The largest absolute Gasteiger partial charge is 0.481 e. The highest BCUT2D eigenvalue weighted by molar-refractivity contribution is 5.94. The first-order valence-corrected chi connectivity index (χ1v) is 11.1. The normalized spacial score (nSPS) is 21.7. The van der Waals surface area contributed by atoms with Crippen LogP contribution >= 0.6 is 0 Å². The molecule has 1 aromatic carbocycles. The average molecular weight is 490 g/mol. The van der Waals surface area contributed by atoms with Gasteiger partial charge in [0, 0.05) is 19.0 Å². The van der Waals surface area contributed by atoms with Gasteiger partial charge in [0.05, 0.1) is 13.0 Å². The van der Waals surface area contributed by atoms with Crippen molar-refractivity contribution < 1.29 is 29.1 Å². The Labute approximate surface area is 202 Å². The summed E-state index contributed by atoms with van der Waals surface area (Å²) in [5.41, 5.74) is 11.4. The first-order valence-electron chi connectivity index (χ1n) is 11.1. The SMILES string of the molecule is NC(N)=NCCCC1NC(=O)C[C@@H](Cc2ccccc2)NC(=O)[C@H](CC(=O)O)NC(=O)CNC1=O. The van der Waals surface area contributed by atoms with Crippen molar-refractivity contribution in [3.8, 4) is 0 Å². The highest BCUT2D eigenvalue weighted by Gasteiger charge is 2.29. The summed E-state index contributed by atoms with van der Waals surface area (Å²) in [4.78, 5) is 65.7. The van der Waals surface area contributed by atoms with Gasteiger partial charge in [-0.15, -0.1) is 0 Å². The van der Waals surface area contributed by atoms with Gasteiger partial charge in [-0.05, 0) is 24.8 Å². The smallest absolute Gasteiger partial charge is 0.305 e. The summed E-state index contributed by atoms with van der Waals surface area (Å²) in [7, 11) is 0. The summed E-state index contributed by atoms with van der Waals surface area (Å²) in [5.74, 6) is -3.98. The van der Waals surface area contributed by atoms with E-state index in [-0.39, 0.29) is 31.8 Å². The first kappa shape index (κ1) is 27.1. The molecule has 13 heteroatoms. The number of carboxylic acid groups (broad SMARTS) is 1. The number of aliphatic imine (C=N–C) groups is 1. The summed E-state index contributed by atoms with van der Waals surface area (Å²) in [6, 6.07) is 6.02. The van der Waals surface area contributed by atoms with Crippen molar-refractivity contribution in [3.05, 3.63) is 35.9 Å². The third kappa shape index (κ3) is 10.1. The molecule has 13 nitrogen and oxygen atoms in total. The molecule has 1 aromatic rings. The monoisotopic (exact) mass is 489 g/mol. The number of carbonyl (C=O) groups excluding carboxylic acids is 4. The third-order valence-electron chi connectivity index (χ3n) is 5.15. The summed E-state index contributed by atoms with van der Waals surface area (Å²) >= 11 is 0. The van der Waals surface area contributed by atoms with E-state index in [4.69, 9.17) is 11.5 Å². The van der Waals surface area contributed by atoms with Gasteiger partial charge in [0.2, 0.25) is 23.6 Å². The van der Waals surface area contributed by atoms with Gasteiger partial charge in [-0.2, -0.15) is 0 Å². The van der Waals surface area contributed by atoms with E-state index < -0.39 is 60.7 Å². The van der Waals surface area contributed by atoms with Gasteiger partial charge in [0.15, 0.2) is 5.96 Å². The number of hydrogen-bond donors (Lipinski definition) is 7. The molecule has 3 atom stereocenters. The number of carbonyl (C=O) groups is 5. The van der Waals surface area contributed by atoms with Crippen molar-refractivity contribution in [1.29, 1.82) is 0 Å². The molecule has 1 aliphatic rings. The summed E-state index contributed by atoms with van der Waals surface area (Å²) in [5, 5.41) is 19.2. The van der Waals surface area contributed by atoms with Crippen molar-refractivity contribution in [3.63, 3.8) is 0 Å². The molecule has 190 valence electrons. The Hall–Kier alpha value is -4.16. The molecule has 4 amide bonds. The fourth-order valence-corrected chi connectivity index (χ4v) is 3.54. The number of nitrogens with two attached hydrogens (primary N) is 2. The number of rotatable bonds is 8. The van der Waals surface area contributed by atoms with E-state index in [0.717, 1.165) is 5.56 Å². The van der Waals surface area contributed by atoms with Crippen molar-refractivity contribution in [1.82, 2.24) is 21.3 Å². The second kappa shape index (κ2) is 13.5. The summed E-state index contributed by atoms with van der Waals surface area (Å²) in [6.07, 6.45) is 0.0188. The second-order valence-electron chi connectivity index (χ2n) is 8.10. The lowest BCUT2D eigenvalue weighted by atomic mass is 10.0. The Morgan fingerprint density at radius 1 is 0.971 bits per heavy atom. The molecule has 1 fully saturated rings. The topological polar surface area (TPSA) is 218 Å². The zero-order chi connectivity index (χ0) is 25.8. The Morgan fingerprint density at radius 3 is 2.31 bits per heavy atom. The van der Waals surface area contributed by atoms with E-state index in [1.807, 2.05) is 18.2 Å². The minimum Gasteiger partial charge on any atom is -0.481 e. The van der Waals surface area contributed by atoms with E-state index in [2.05, 4.69) is 26.3 Å². The van der Waals surface area contributed by atoms with Gasteiger partial charge < -0.3 is 37.8 Å². The van der Waals surface area contributed by atoms with Crippen LogP contribution in [-0.2, 0) is 30.4 Å². The predicted molar refractivity (Wildman–Crippen MR) is 126 cm³/mol. The lowest BCUT2D eigenvalue weighted by Crippen LogP contribution is -2.52. The molecular weight excluding hydrogens is 458 g/mol. The first-order chi connectivity index (χ1) is 16.6. The molecule has 0 saturated carbocycles. The zero-order valence-corrected chi connectivity index (χ0v) is 19.2. The third-order valence-corrected chi connectivity index (χ3v) is 5.15. The van der Waals surface area contributed by atoms with E-state index in [9.17, 15) is 29.1 Å². The Bertz CT molecular complexity index is 949. The molecule has 9 N–H and O–H groups in total. The molecule has 1 heterocycles. The molecule has 2 rings (SSSR count). The minimum atomic E-state index is -1.38. The average Bonchev–Trinajstić information content (AvgIpc) is 2.79. The van der Waals surface area contributed by atoms with E-state index >= 15 is 0 Å². The number of nitrogens with zero attached hydrogens (tertiary/aromatic N) is 1. The summed E-state index contributed by atoms with van der Waals surface area (Å²) < 4.78 is 0. The lowest BCUT2D eigenvalue weighted by molar-refractivity contribution is -0.141. The van der Waals surface area contributed by atoms with E-state index in [0.29, 0.717) is 6.42 Å². The van der Waals surface area contributed by atoms with Crippen LogP contribution in [-0.4, -0.2) is 71.9 Å². The highest BCUT2D eigenvalue weighted by Crippen LogP contribution is 2.09. The maximum Gasteiger partial charge on any atom is 0.305 e. The molecule has 0 aliphatic carbocycles. The highest BCUT2D eigenvalue weighted by atomic mass is 16.4. The van der Waals surface area contributed by atoms with Gasteiger partial charge in [-0.3, -0.25) is 29.0 Å². The molecule has 0 bridgehead atoms. The maximum atomic E-state index is 12.8. The predicted octanol–water partition coefficient (Wildman–Crippen LogP) is -2.27. The van der Waals surface area contributed by atoms with Crippen LogP contribution in [0, 0.1) is 0 Å². The number of nitrogens with one attached hydrogen (secondary N) is 4. The van der Waals surface area contributed by atoms with Crippen LogP contribution < -0.4 is 32.7 Å². The van der Waals surface area contributed by atoms with Crippen LogP contribution in [0.2, 0.25) is 0 Å². The number of carboxylic acids is 1. The van der Waals surface area contributed by atoms with Gasteiger partial charge >= 0.3 is 5.97 Å². The molecule has 0 radical (unpaired) electrons. The molecule has 1 saturated heterocycles. The maximum absolute atomic E-state index is 12.8. The van der Waals surface area contributed by atoms with Crippen LogP contribution in [0.15, 0.2) is 35.3 Å². The van der Waals surface area contributed by atoms with Crippen LogP contribution in [0.1, 0.15) is 31.2 Å².